The molecular formula is C22H24ClN3O. The van der Waals surface area contributed by atoms with Crippen molar-refractivity contribution in [3.8, 4) is 0 Å². The van der Waals surface area contributed by atoms with Crippen molar-refractivity contribution in [2.75, 3.05) is 13.1 Å². The number of imidazole rings is 1. The van der Waals surface area contributed by atoms with Crippen LogP contribution in [0.4, 0.5) is 0 Å². The third-order valence-electron chi connectivity index (χ3n) is 5.30. The number of amides is 1. The van der Waals surface area contributed by atoms with Crippen LogP contribution in [0.3, 0.4) is 0 Å². The normalized spacial score (nSPS) is 17.2. The minimum atomic E-state index is 0.147. The fraction of sp³-hybridized carbons (Fsp3) is 0.364. The number of unbranched alkanes of at least 4 members (excludes halogenated alkanes) is 1. The Bertz CT molecular complexity index is 948. The lowest BCUT2D eigenvalue weighted by Gasteiger charge is -2.17. The van der Waals surface area contributed by atoms with Gasteiger partial charge in [0.15, 0.2) is 0 Å². The van der Waals surface area contributed by atoms with E-state index >= 15 is 0 Å². The Morgan fingerprint density at radius 1 is 1.15 bits per heavy atom. The summed E-state index contributed by atoms with van der Waals surface area (Å²) < 4.78 is 2.26. The molecule has 1 unspecified atom stereocenters. The maximum atomic E-state index is 12.5. The molecule has 0 spiro atoms. The van der Waals surface area contributed by atoms with Gasteiger partial charge < -0.3 is 9.47 Å². The molecule has 2 heterocycles. The fourth-order valence-electron chi connectivity index (χ4n) is 3.85. The molecule has 1 amide bonds. The molecule has 5 heteroatoms. The molecule has 0 N–H and O–H groups in total. The van der Waals surface area contributed by atoms with Crippen molar-refractivity contribution >= 4 is 28.5 Å². The van der Waals surface area contributed by atoms with E-state index in [-0.39, 0.29) is 11.8 Å². The SMILES string of the molecule is CCCCN1CC(c2nc3ccccc3n2Cc2ccc(Cl)cc2)CC1=O. The van der Waals surface area contributed by atoms with Crippen LogP contribution in [0.25, 0.3) is 11.0 Å². The van der Waals surface area contributed by atoms with E-state index in [9.17, 15) is 4.79 Å². The summed E-state index contributed by atoms with van der Waals surface area (Å²) in [7, 11) is 0. The van der Waals surface area contributed by atoms with Crippen molar-refractivity contribution in [2.45, 2.75) is 38.6 Å². The van der Waals surface area contributed by atoms with Gasteiger partial charge in [-0.15, -0.1) is 0 Å². The molecule has 1 aliphatic heterocycles. The summed E-state index contributed by atoms with van der Waals surface area (Å²) >= 11 is 6.04. The molecule has 4 rings (SSSR count). The first-order valence-electron chi connectivity index (χ1n) is 9.63. The number of hydrogen-bond donors (Lipinski definition) is 0. The summed E-state index contributed by atoms with van der Waals surface area (Å²) in [6, 6.07) is 16.1. The zero-order chi connectivity index (χ0) is 18.8. The van der Waals surface area contributed by atoms with Crippen LogP contribution in [0, 0.1) is 0 Å². The number of para-hydroxylation sites is 2. The van der Waals surface area contributed by atoms with Crippen molar-refractivity contribution in [1.29, 1.82) is 0 Å². The highest BCUT2D eigenvalue weighted by Crippen LogP contribution is 2.31. The van der Waals surface area contributed by atoms with Gasteiger partial charge >= 0.3 is 0 Å². The largest absolute Gasteiger partial charge is 0.342 e. The Kier molecular flexibility index (Phi) is 5.17. The van der Waals surface area contributed by atoms with E-state index in [4.69, 9.17) is 16.6 Å². The first-order chi connectivity index (χ1) is 13.2. The second-order valence-corrected chi connectivity index (χ2v) is 7.70. The van der Waals surface area contributed by atoms with E-state index in [1.54, 1.807) is 0 Å². The molecule has 0 aliphatic carbocycles. The summed E-state index contributed by atoms with van der Waals surface area (Å²) in [5.74, 6) is 1.41. The third kappa shape index (κ3) is 3.72. The first kappa shape index (κ1) is 18.1. The van der Waals surface area contributed by atoms with Gasteiger partial charge in [0, 0.05) is 37.0 Å². The van der Waals surface area contributed by atoms with Crippen molar-refractivity contribution in [1.82, 2.24) is 14.5 Å². The monoisotopic (exact) mass is 381 g/mol. The molecule has 0 bridgehead atoms. The molecule has 1 aliphatic rings. The van der Waals surface area contributed by atoms with Crippen molar-refractivity contribution in [2.24, 2.45) is 0 Å². The number of benzene rings is 2. The van der Waals surface area contributed by atoms with Crippen LogP contribution >= 0.6 is 11.6 Å². The minimum Gasteiger partial charge on any atom is -0.342 e. The van der Waals surface area contributed by atoms with Crippen molar-refractivity contribution < 1.29 is 4.79 Å². The highest BCUT2D eigenvalue weighted by atomic mass is 35.5. The Labute approximate surface area is 164 Å². The number of carbonyl (C=O) groups is 1. The molecule has 27 heavy (non-hydrogen) atoms. The zero-order valence-corrected chi connectivity index (χ0v) is 16.3. The minimum absolute atomic E-state index is 0.147. The molecule has 1 aromatic heterocycles. The molecule has 4 nitrogen and oxygen atoms in total. The molecule has 2 aromatic carbocycles. The van der Waals surface area contributed by atoms with Crippen LogP contribution in [0.15, 0.2) is 48.5 Å². The predicted molar refractivity (Wildman–Crippen MR) is 109 cm³/mol. The zero-order valence-electron chi connectivity index (χ0n) is 15.6. The number of rotatable bonds is 6. The van der Waals surface area contributed by atoms with Crippen LogP contribution in [0.1, 0.15) is 43.5 Å². The molecular weight excluding hydrogens is 358 g/mol. The van der Waals surface area contributed by atoms with Gasteiger partial charge in [-0.3, -0.25) is 4.79 Å². The lowest BCUT2D eigenvalue weighted by molar-refractivity contribution is -0.127. The summed E-state index contributed by atoms with van der Waals surface area (Å²) in [6.45, 7) is 4.50. The van der Waals surface area contributed by atoms with E-state index in [2.05, 4.69) is 17.6 Å². The third-order valence-corrected chi connectivity index (χ3v) is 5.55. The van der Waals surface area contributed by atoms with Gasteiger partial charge in [0.25, 0.3) is 0 Å². The lowest BCUT2D eigenvalue weighted by atomic mass is 10.1. The number of halogens is 1. The number of hydrogen-bond acceptors (Lipinski definition) is 2. The molecule has 3 aromatic rings. The second kappa shape index (κ2) is 7.73. The van der Waals surface area contributed by atoms with Gasteiger partial charge in [-0.2, -0.15) is 0 Å². The number of fused-ring (bicyclic) bond motifs is 1. The molecule has 0 radical (unpaired) electrons. The molecule has 0 saturated carbocycles. The van der Waals surface area contributed by atoms with Gasteiger partial charge in [-0.1, -0.05) is 49.2 Å². The lowest BCUT2D eigenvalue weighted by Crippen LogP contribution is -2.26. The Balaban J connectivity index is 1.68. The van der Waals surface area contributed by atoms with Gasteiger partial charge in [-0.05, 0) is 36.2 Å². The van der Waals surface area contributed by atoms with Crippen LogP contribution in [0.2, 0.25) is 5.02 Å². The van der Waals surface area contributed by atoms with Crippen molar-refractivity contribution in [3.63, 3.8) is 0 Å². The summed E-state index contributed by atoms with van der Waals surface area (Å²) in [5.41, 5.74) is 3.28. The van der Waals surface area contributed by atoms with E-state index in [0.717, 1.165) is 54.4 Å². The summed E-state index contributed by atoms with van der Waals surface area (Å²) in [4.78, 5) is 19.4. The fourth-order valence-corrected chi connectivity index (χ4v) is 3.98. The highest BCUT2D eigenvalue weighted by molar-refractivity contribution is 6.30. The van der Waals surface area contributed by atoms with E-state index < -0.39 is 0 Å². The van der Waals surface area contributed by atoms with Crippen LogP contribution in [-0.2, 0) is 11.3 Å². The number of aromatic nitrogens is 2. The van der Waals surface area contributed by atoms with Crippen LogP contribution < -0.4 is 0 Å². The van der Waals surface area contributed by atoms with Gasteiger partial charge in [-0.25, -0.2) is 4.98 Å². The van der Waals surface area contributed by atoms with Gasteiger partial charge in [0.1, 0.15) is 5.82 Å². The Morgan fingerprint density at radius 3 is 2.70 bits per heavy atom. The second-order valence-electron chi connectivity index (χ2n) is 7.27. The molecule has 1 fully saturated rings. The van der Waals surface area contributed by atoms with Gasteiger partial charge in [0.05, 0.1) is 11.0 Å². The number of nitrogens with zero attached hydrogens (tertiary/aromatic N) is 3. The molecule has 1 atom stereocenters. The number of carbonyl (C=O) groups excluding carboxylic acids is 1. The maximum Gasteiger partial charge on any atom is 0.223 e. The van der Waals surface area contributed by atoms with Gasteiger partial charge in [0.2, 0.25) is 5.91 Å². The Hall–Kier alpha value is -2.33. The smallest absolute Gasteiger partial charge is 0.223 e. The van der Waals surface area contributed by atoms with Crippen LogP contribution in [0.5, 0.6) is 0 Å². The quantitative estimate of drug-likeness (QED) is 0.611. The van der Waals surface area contributed by atoms with E-state index in [0.29, 0.717) is 6.42 Å². The van der Waals surface area contributed by atoms with Crippen molar-refractivity contribution in [3.05, 3.63) is 64.9 Å². The van der Waals surface area contributed by atoms with E-state index in [1.165, 1.54) is 5.56 Å². The summed E-state index contributed by atoms with van der Waals surface area (Å²) in [5, 5.41) is 0.738. The maximum absolute atomic E-state index is 12.5. The topological polar surface area (TPSA) is 38.1 Å². The first-order valence-corrected chi connectivity index (χ1v) is 10.0. The van der Waals surface area contributed by atoms with Crippen LogP contribution in [-0.4, -0.2) is 33.4 Å². The highest BCUT2D eigenvalue weighted by Gasteiger charge is 2.33. The summed E-state index contributed by atoms with van der Waals surface area (Å²) in [6.07, 6.45) is 2.71. The molecule has 1 saturated heterocycles. The Morgan fingerprint density at radius 2 is 1.93 bits per heavy atom. The molecule has 140 valence electrons. The predicted octanol–water partition coefficient (Wildman–Crippen LogP) is 4.85. The number of likely N-dealkylation sites (tertiary alicyclic amines) is 1. The average Bonchev–Trinajstić information content (AvgIpc) is 3.22. The standard InChI is InChI=1S/C22H24ClN3O/c1-2-3-12-25-15-17(13-21(25)27)22-24-19-6-4-5-7-20(19)26(22)14-16-8-10-18(23)11-9-16/h4-11,17H,2-3,12-15H2,1H3. The average molecular weight is 382 g/mol. The van der Waals surface area contributed by atoms with E-state index in [1.807, 2.05) is 47.4 Å².